The molecule has 0 unspecified atom stereocenters. The molecule has 0 aliphatic carbocycles. The van der Waals surface area contributed by atoms with Gasteiger partial charge in [0.25, 0.3) is 0 Å². The van der Waals surface area contributed by atoms with Crippen LogP contribution in [0.2, 0.25) is 0 Å². The minimum absolute atomic E-state index is 0.637. The van der Waals surface area contributed by atoms with Crippen molar-refractivity contribution in [2.45, 2.75) is 91.5 Å². The summed E-state index contributed by atoms with van der Waals surface area (Å²) < 4.78 is 74.7. The summed E-state index contributed by atoms with van der Waals surface area (Å²) in [5.41, 5.74) is 0. The van der Waals surface area contributed by atoms with E-state index in [0.717, 1.165) is 13.2 Å². The van der Waals surface area contributed by atoms with Gasteiger partial charge in [-0.15, -0.1) is 0 Å². The number of unbranched alkanes of at least 4 members (excludes halogenated alkanes) is 8. The molecule has 1 heterocycles. The Morgan fingerprint density at radius 1 is 0.733 bits per heavy atom. The molecular formula is C19H37F6N2O2P. The summed E-state index contributed by atoms with van der Waals surface area (Å²) in [5, 5.41) is 0. The van der Waals surface area contributed by atoms with Crippen molar-refractivity contribution in [3.05, 3.63) is 18.7 Å². The van der Waals surface area contributed by atoms with Crippen molar-refractivity contribution in [1.82, 2.24) is 4.57 Å². The Morgan fingerprint density at radius 2 is 1.20 bits per heavy atom. The van der Waals surface area contributed by atoms with E-state index >= 15 is 0 Å². The average molecular weight is 470 g/mol. The van der Waals surface area contributed by atoms with Gasteiger partial charge in [0.15, 0.2) is 13.5 Å². The Kier molecular flexibility index (Phi) is 13.1. The van der Waals surface area contributed by atoms with Crippen LogP contribution in [0, 0.1) is 0 Å². The maximum absolute atomic E-state index is 10.7. The van der Waals surface area contributed by atoms with Gasteiger partial charge in [-0.2, -0.15) is 0 Å². The van der Waals surface area contributed by atoms with Gasteiger partial charge in [0, 0.05) is 0 Å². The molecule has 11 heteroatoms. The number of halogens is 6. The average Bonchev–Trinajstić information content (AvgIpc) is 3.05. The molecule has 1 aromatic rings. The molecule has 0 bridgehead atoms. The Hall–Kier alpha value is -0.860. The first kappa shape index (κ1) is 29.1. The number of hydrogen-bond acceptors (Lipinski definition) is 2. The molecule has 4 nitrogen and oxygen atoms in total. The number of nitrogens with zero attached hydrogens (tertiary/aromatic N) is 2. The van der Waals surface area contributed by atoms with Crippen LogP contribution in [-0.4, -0.2) is 17.8 Å². The van der Waals surface area contributed by atoms with Gasteiger partial charge < -0.3 is 9.47 Å². The van der Waals surface area contributed by atoms with E-state index in [4.69, 9.17) is 9.47 Å². The van der Waals surface area contributed by atoms with Crippen molar-refractivity contribution >= 4 is 7.81 Å². The molecule has 0 spiro atoms. The van der Waals surface area contributed by atoms with E-state index in [2.05, 4.69) is 23.0 Å². The van der Waals surface area contributed by atoms with Crippen molar-refractivity contribution in [3.63, 3.8) is 0 Å². The van der Waals surface area contributed by atoms with Gasteiger partial charge in [-0.1, -0.05) is 65.2 Å². The van der Waals surface area contributed by atoms with Crippen molar-refractivity contribution < 1.29 is 39.2 Å². The SMILES string of the molecule is CCCCCCCOCn1cc[n+](COCCCCCCC)c1.F[P-](F)(F)(F)(F)F. The molecule has 0 aliphatic rings. The van der Waals surface area contributed by atoms with Gasteiger partial charge in [-0.25, -0.2) is 9.13 Å². The van der Waals surface area contributed by atoms with Gasteiger partial charge in [-0.3, -0.25) is 0 Å². The third-order valence-electron chi connectivity index (χ3n) is 4.01. The first-order chi connectivity index (χ1) is 13.8. The molecule has 0 amide bonds. The number of aromatic nitrogens is 2. The Balaban J connectivity index is 0.00000103. The molecule has 1 aromatic heterocycles. The molecule has 0 atom stereocenters. The van der Waals surface area contributed by atoms with Crippen LogP contribution in [0.1, 0.15) is 78.1 Å². The number of ether oxygens (including phenoxy) is 2. The number of rotatable bonds is 16. The van der Waals surface area contributed by atoms with Crippen LogP contribution in [0.25, 0.3) is 0 Å². The fourth-order valence-electron chi connectivity index (χ4n) is 2.55. The van der Waals surface area contributed by atoms with Crippen LogP contribution in [0.3, 0.4) is 0 Å². The van der Waals surface area contributed by atoms with E-state index in [0.29, 0.717) is 13.5 Å². The predicted molar refractivity (Wildman–Crippen MR) is 108 cm³/mol. The zero-order valence-corrected chi connectivity index (χ0v) is 19.0. The number of hydrogen-bond donors (Lipinski definition) is 0. The van der Waals surface area contributed by atoms with E-state index in [-0.39, 0.29) is 0 Å². The molecule has 0 aliphatic heterocycles. The third-order valence-corrected chi connectivity index (χ3v) is 4.01. The first-order valence-electron chi connectivity index (χ1n) is 10.6. The fraction of sp³-hybridized carbons (Fsp3) is 0.842. The third kappa shape index (κ3) is 27.1. The van der Waals surface area contributed by atoms with E-state index in [1.165, 1.54) is 64.2 Å². The molecule has 182 valence electrons. The maximum atomic E-state index is 9.87. The summed E-state index contributed by atoms with van der Waals surface area (Å²) in [6, 6.07) is 0. The van der Waals surface area contributed by atoms with E-state index < -0.39 is 7.81 Å². The minimum atomic E-state index is -10.7. The topological polar surface area (TPSA) is 27.3 Å². The van der Waals surface area contributed by atoms with Crippen LogP contribution in [0.5, 0.6) is 0 Å². The predicted octanol–water partition coefficient (Wildman–Crippen LogP) is 8.05. The van der Waals surface area contributed by atoms with Crippen molar-refractivity contribution in [3.8, 4) is 0 Å². The van der Waals surface area contributed by atoms with Gasteiger partial charge in [-0.05, 0) is 12.8 Å². The van der Waals surface area contributed by atoms with E-state index in [1.807, 2.05) is 18.7 Å². The van der Waals surface area contributed by atoms with Crippen LogP contribution in [-0.2, 0) is 22.9 Å². The molecule has 30 heavy (non-hydrogen) atoms. The molecule has 0 saturated heterocycles. The molecule has 0 radical (unpaired) electrons. The van der Waals surface area contributed by atoms with Gasteiger partial charge in [0.2, 0.25) is 6.33 Å². The standard InChI is InChI=1S/C19H37N2O2.F6P/c1-3-5-7-9-11-15-22-18-20-13-14-21(17-20)19-23-16-12-10-8-6-4-2;1-7(2,3,4,5)6/h13-14,17H,3-12,15-16,18-19H2,1-2H3;/q+1;-1. The summed E-state index contributed by atoms with van der Waals surface area (Å²) in [4.78, 5) is 0. The number of imidazole rings is 1. The van der Waals surface area contributed by atoms with E-state index in [9.17, 15) is 25.2 Å². The fourth-order valence-corrected chi connectivity index (χ4v) is 2.55. The van der Waals surface area contributed by atoms with Crippen molar-refractivity contribution in [1.29, 1.82) is 0 Å². The summed E-state index contributed by atoms with van der Waals surface area (Å²) in [6.07, 6.45) is 19.0. The van der Waals surface area contributed by atoms with Crippen molar-refractivity contribution in [2.75, 3.05) is 13.2 Å². The van der Waals surface area contributed by atoms with Crippen molar-refractivity contribution in [2.24, 2.45) is 0 Å². The summed E-state index contributed by atoms with van der Waals surface area (Å²) in [6.45, 7) is 7.48. The van der Waals surface area contributed by atoms with Crippen LogP contribution in [0.15, 0.2) is 18.7 Å². The molecule has 0 saturated carbocycles. The summed E-state index contributed by atoms with van der Waals surface area (Å²) >= 11 is 0. The quantitative estimate of drug-likeness (QED) is 0.106. The zero-order chi connectivity index (χ0) is 23.0. The monoisotopic (exact) mass is 470 g/mol. The Labute approximate surface area is 175 Å². The van der Waals surface area contributed by atoms with Gasteiger partial charge in [0.05, 0.1) is 13.2 Å². The second kappa shape index (κ2) is 13.5. The summed E-state index contributed by atoms with van der Waals surface area (Å²) in [7, 11) is -10.7. The van der Waals surface area contributed by atoms with Gasteiger partial charge >= 0.3 is 33.0 Å². The molecule has 1 rings (SSSR count). The Morgan fingerprint density at radius 3 is 1.70 bits per heavy atom. The molecule has 0 fully saturated rings. The molecule has 0 aromatic carbocycles. The molecular weight excluding hydrogens is 433 g/mol. The van der Waals surface area contributed by atoms with Crippen LogP contribution >= 0.6 is 7.81 Å². The van der Waals surface area contributed by atoms with Gasteiger partial charge in [0.1, 0.15) is 12.4 Å². The normalized spacial score (nSPS) is 14.0. The van der Waals surface area contributed by atoms with E-state index in [1.54, 1.807) is 0 Å². The zero-order valence-electron chi connectivity index (χ0n) is 18.1. The second-order valence-electron chi connectivity index (χ2n) is 7.30. The second-order valence-corrected chi connectivity index (χ2v) is 9.22. The van der Waals surface area contributed by atoms with Crippen LogP contribution in [0.4, 0.5) is 25.2 Å². The summed E-state index contributed by atoms with van der Waals surface area (Å²) in [5.74, 6) is 0. The Bertz CT molecular complexity index is 508. The van der Waals surface area contributed by atoms with Crippen LogP contribution < -0.4 is 4.57 Å². The molecule has 0 N–H and O–H groups in total. The first-order valence-corrected chi connectivity index (χ1v) is 12.6.